The van der Waals surface area contributed by atoms with Crippen LogP contribution in [0, 0.1) is 13.8 Å². The Labute approximate surface area is 204 Å². The van der Waals surface area contributed by atoms with E-state index in [4.69, 9.17) is 9.26 Å². The molecule has 0 radical (unpaired) electrons. The van der Waals surface area contributed by atoms with E-state index in [2.05, 4.69) is 5.16 Å². The smallest absolute Gasteiger partial charge is 0.248 e. The van der Waals surface area contributed by atoms with Crippen molar-refractivity contribution in [3.05, 3.63) is 71.6 Å². The number of aryl methyl sites for hydroxylation is 2. The van der Waals surface area contributed by atoms with Crippen LogP contribution in [-0.4, -0.2) is 68.0 Å². The van der Waals surface area contributed by atoms with E-state index in [1.807, 2.05) is 64.4 Å². The normalized spacial score (nSPS) is 19.3. The van der Waals surface area contributed by atoms with Crippen LogP contribution in [0.4, 0.5) is 5.69 Å². The third-order valence-electron chi connectivity index (χ3n) is 6.54. The van der Waals surface area contributed by atoms with Gasteiger partial charge in [-0.15, -0.1) is 0 Å². The third-order valence-corrected chi connectivity index (χ3v) is 8.69. The van der Waals surface area contributed by atoms with E-state index in [1.165, 1.54) is 4.31 Å². The highest BCUT2D eigenvalue weighted by molar-refractivity contribution is 7.89. The minimum Gasteiger partial charge on any atom is -0.489 e. The number of carbonyl (C=O) groups is 1. The Morgan fingerprint density at radius 2 is 1.69 bits per heavy atom. The molecule has 1 atom stereocenters. The number of fused-ring (bicyclic) bond motifs is 1. The number of anilines is 1. The van der Waals surface area contributed by atoms with Crippen LogP contribution in [-0.2, 0) is 14.8 Å². The van der Waals surface area contributed by atoms with Gasteiger partial charge in [0.15, 0.2) is 5.76 Å². The molecule has 1 saturated heterocycles. The van der Waals surface area contributed by atoms with Gasteiger partial charge in [-0.1, -0.05) is 47.6 Å². The van der Waals surface area contributed by atoms with Crippen molar-refractivity contribution < 1.29 is 22.5 Å². The number of rotatable bonds is 5. The lowest BCUT2D eigenvalue weighted by atomic mass is 10.0. The van der Waals surface area contributed by atoms with Crippen molar-refractivity contribution >= 4 is 21.6 Å². The summed E-state index contributed by atoms with van der Waals surface area (Å²) in [5.74, 6) is 0.929. The average molecular weight is 497 g/mol. The van der Waals surface area contributed by atoms with Crippen molar-refractivity contribution in [2.45, 2.75) is 24.8 Å². The number of hydrogen-bond acceptors (Lipinski definition) is 7. The first-order valence-electron chi connectivity index (χ1n) is 11.6. The number of carbonyl (C=O) groups excluding carboxylic acids is 1. The van der Waals surface area contributed by atoms with Gasteiger partial charge in [-0.3, -0.25) is 14.6 Å². The number of benzene rings is 2. The lowest BCUT2D eigenvalue weighted by Crippen LogP contribution is -2.52. The number of nitrogens with zero attached hydrogens (tertiary/aromatic N) is 4. The van der Waals surface area contributed by atoms with Gasteiger partial charge in [0.2, 0.25) is 15.9 Å². The molecular formula is C25H28N4O5S. The van der Waals surface area contributed by atoms with Crippen molar-refractivity contribution in [3.8, 4) is 5.75 Å². The molecule has 3 heterocycles. The van der Waals surface area contributed by atoms with Crippen molar-refractivity contribution in [2.75, 3.05) is 44.2 Å². The maximum absolute atomic E-state index is 13.6. The Kier molecular flexibility index (Phi) is 6.35. The zero-order valence-corrected chi connectivity index (χ0v) is 20.6. The molecule has 9 nitrogen and oxygen atoms in total. The van der Waals surface area contributed by atoms with Crippen LogP contribution in [0.15, 0.2) is 64.0 Å². The van der Waals surface area contributed by atoms with E-state index in [9.17, 15) is 13.2 Å². The summed E-state index contributed by atoms with van der Waals surface area (Å²) in [5.41, 5.74) is 2.11. The molecule has 5 rings (SSSR count). The van der Waals surface area contributed by atoms with Crippen molar-refractivity contribution in [1.29, 1.82) is 0 Å². The first-order valence-corrected chi connectivity index (χ1v) is 13.0. The number of hydrogen-bond donors (Lipinski definition) is 0. The largest absolute Gasteiger partial charge is 0.489 e. The van der Waals surface area contributed by atoms with Gasteiger partial charge in [-0.2, -0.15) is 4.31 Å². The predicted octanol–water partition coefficient (Wildman–Crippen LogP) is 2.76. The zero-order valence-electron chi connectivity index (χ0n) is 19.8. The summed E-state index contributed by atoms with van der Waals surface area (Å²) >= 11 is 0. The lowest BCUT2D eigenvalue weighted by molar-refractivity contribution is -0.121. The van der Waals surface area contributed by atoms with Crippen LogP contribution in [0.5, 0.6) is 5.75 Å². The van der Waals surface area contributed by atoms with Gasteiger partial charge in [0.1, 0.15) is 22.9 Å². The maximum Gasteiger partial charge on any atom is 0.248 e. The maximum atomic E-state index is 13.6. The minimum atomic E-state index is -3.70. The molecule has 0 unspecified atom stereocenters. The Hall–Kier alpha value is -3.21. The Morgan fingerprint density at radius 1 is 1.00 bits per heavy atom. The summed E-state index contributed by atoms with van der Waals surface area (Å²) in [6.45, 7) is 5.29. The number of aromatic nitrogens is 1. The molecule has 3 aromatic rings. The van der Waals surface area contributed by atoms with E-state index in [-0.39, 0.29) is 29.1 Å². The number of amides is 1. The van der Waals surface area contributed by atoms with Gasteiger partial charge in [0.25, 0.3) is 0 Å². The Bertz CT molecular complexity index is 1300. The quantitative estimate of drug-likeness (QED) is 0.536. The van der Waals surface area contributed by atoms with Crippen LogP contribution in [0.1, 0.15) is 23.1 Å². The molecule has 1 fully saturated rings. The van der Waals surface area contributed by atoms with Gasteiger partial charge in [-0.25, -0.2) is 8.42 Å². The summed E-state index contributed by atoms with van der Waals surface area (Å²) in [5, 5.41) is 3.78. The average Bonchev–Trinajstić information content (AvgIpc) is 3.22. The van der Waals surface area contributed by atoms with Gasteiger partial charge >= 0.3 is 0 Å². The molecule has 0 aliphatic carbocycles. The lowest BCUT2D eigenvalue weighted by Gasteiger charge is -2.39. The van der Waals surface area contributed by atoms with Crippen molar-refractivity contribution in [2.24, 2.45) is 0 Å². The fourth-order valence-corrected chi connectivity index (χ4v) is 6.50. The Balaban J connectivity index is 1.31. The number of piperazine rings is 1. The summed E-state index contributed by atoms with van der Waals surface area (Å²) in [7, 11) is -3.70. The van der Waals surface area contributed by atoms with Gasteiger partial charge in [0.05, 0.1) is 18.3 Å². The zero-order chi connectivity index (χ0) is 24.6. The van der Waals surface area contributed by atoms with Gasteiger partial charge in [0, 0.05) is 26.2 Å². The van der Waals surface area contributed by atoms with Crippen molar-refractivity contribution in [1.82, 2.24) is 14.4 Å². The van der Waals surface area contributed by atoms with Gasteiger partial charge in [-0.05, 0) is 31.5 Å². The molecule has 0 saturated carbocycles. The second-order valence-electron chi connectivity index (χ2n) is 8.80. The highest BCUT2D eigenvalue weighted by Crippen LogP contribution is 2.39. The Morgan fingerprint density at radius 3 is 2.37 bits per heavy atom. The number of sulfonamides is 1. The third kappa shape index (κ3) is 4.44. The summed E-state index contributed by atoms with van der Waals surface area (Å²) in [4.78, 5) is 17.6. The van der Waals surface area contributed by atoms with Crippen LogP contribution >= 0.6 is 0 Å². The summed E-state index contributed by atoms with van der Waals surface area (Å²) in [6, 6.07) is 17.2. The second-order valence-corrected chi connectivity index (χ2v) is 10.7. The minimum absolute atomic E-state index is 0.0448. The molecule has 2 aromatic carbocycles. The van der Waals surface area contributed by atoms with E-state index in [0.717, 1.165) is 11.3 Å². The van der Waals surface area contributed by atoms with Crippen LogP contribution < -0.4 is 9.64 Å². The van der Waals surface area contributed by atoms with E-state index >= 15 is 0 Å². The molecule has 0 spiro atoms. The SMILES string of the molecule is Cc1noc(C)c1S(=O)(=O)N1CCN(CC(=O)N2c3ccccc3OC[C@H]2c2ccccc2)CC1. The molecule has 0 N–H and O–H groups in total. The monoisotopic (exact) mass is 496 g/mol. The van der Waals surface area contributed by atoms with Crippen LogP contribution in [0.2, 0.25) is 0 Å². The predicted molar refractivity (Wildman–Crippen MR) is 130 cm³/mol. The first kappa shape index (κ1) is 23.5. The fraction of sp³-hybridized carbons (Fsp3) is 0.360. The molecule has 1 aromatic heterocycles. The van der Waals surface area contributed by atoms with Crippen LogP contribution in [0.25, 0.3) is 0 Å². The molecule has 2 aliphatic rings. The van der Waals surface area contributed by atoms with Crippen molar-refractivity contribution in [3.63, 3.8) is 0 Å². The van der Waals surface area contributed by atoms with E-state index < -0.39 is 10.0 Å². The molecule has 35 heavy (non-hydrogen) atoms. The number of para-hydroxylation sites is 2. The van der Waals surface area contributed by atoms with Crippen LogP contribution in [0.3, 0.4) is 0 Å². The molecule has 10 heteroatoms. The summed E-state index contributed by atoms with van der Waals surface area (Å²) in [6.07, 6.45) is 0. The molecule has 0 bridgehead atoms. The second kappa shape index (κ2) is 9.44. The standard InChI is InChI=1S/C25H28N4O5S/c1-18-25(19(2)34-26-18)35(31,32)28-14-12-27(13-15-28)16-24(30)29-21-10-6-7-11-23(21)33-17-22(29)20-8-4-3-5-9-20/h3-11,22H,12-17H2,1-2H3/t22-/m0/s1. The molecule has 2 aliphatic heterocycles. The highest BCUT2D eigenvalue weighted by atomic mass is 32.2. The topological polar surface area (TPSA) is 96.2 Å². The highest BCUT2D eigenvalue weighted by Gasteiger charge is 2.36. The fourth-order valence-electron chi connectivity index (χ4n) is 4.79. The summed E-state index contributed by atoms with van der Waals surface area (Å²) < 4.78 is 38.7. The number of ether oxygens (including phenoxy) is 1. The molecule has 184 valence electrons. The van der Waals surface area contributed by atoms with E-state index in [1.54, 1.807) is 13.8 Å². The van der Waals surface area contributed by atoms with Gasteiger partial charge < -0.3 is 9.26 Å². The van der Waals surface area contributed by atoms with E-state index in [0.29, 0.717) is 44.2 Å². The molecular weight excluding hydrogens is 468 g/mol. The first-order chi connectivity index (χ1) is 16.9. The molecule has 1 amide bonds.